The monoisotopic (exact) mass is 453 g/mol. The van der Waals surface area contributed by atoms with E-state index >= 15 is 0 Å². The average molecular weight is 453 g/mol. The second kappa shape index (κ2) is 8.11. The third-order valence-corrected chi connectivity index (χ3v) is 8.05. The van der Waals surface area contributed by atoms with E-state index in [2.05, 4.69) is 6.58 Å². The van der Waals surface area contributed by atoms with Crippen LogP contribution in [0.1, 0.15) is 18.0 Å². The zero-order valence-corrected chi connectivity index (χ0v) is 15.3. The molecule has 0 spiro atoms. The molecule has 28 heavy (non-hydrogen) atoms. The number of sulfone groups is 2. The number of rotatable bonds is 7. The van der Waals surface area contributed by atoms with Crippen molar-refractivity contribution in [2.45, 2.75) is 28.1 Å². The third kappa shape index (κ3) is 5.04. The summed E-state index contributed by atoms with van der Waals surface area (Å²) in [4.78, 5) is 11.5. The molecule has 0 fully saturated rings. The summed E-state index contributed by atoms with van der Waals surface area (Å²) in [5, 5.41) is 1.94. The molecule has 0 aromatic heterocycles. The van der Waals surface area contributed by atoms with Crippen LogP contribution in [0.4, 0.5) is 26.3 Å². The van der Waals surface area contributed by atoms with Gasteiger partial charge in [-0.15, -0.1) is 0 Å². The number of halogens is 6. The molecule has 0 aliphatic rings. The van der Waals surface area contributed by atoms with E-state index in [0.717, 1.165) is 12.1 Å². The van der Waals surface area contributed by atoms with E-state index in [0.29, 0.717) is 6.08 Å². The van der Waals surface area contributed by atoms with E-state index in [1.54, 1.807) is 0 Å². The lowest BCUT2D eigenvalue weighted by Crippen LogP contribution is -2.47. The van der Waals surface area contributed by atoms with Crippen molar-refractivity contribution in [3.8, 4) is 0 Å². The van der Waals surface area contributed by atoms with Gasteiger partial charge in [-0.3, -0.25) is 4.79 Å². The molecule has 1 aromatic carbocycles. The number of benzene rings is 1. The van der Waals surface area contributed by atoms with Gasteiger partial charge in [-0.2, -0.15) is 26.3 Å². The molecule has 1 rings (SSSR count). The van der Waals surface area contributed by atoms with Crippen molar-refractivity contribution in [3.05, 3.63) is 48.6 Å². The topological polar surface area (TPSA) is 97.4 Å². The molecule has 0 heterocycles. The first-order valence-corrected chi connectivity index (χ1v) is 10.2. The molecule has 14 heteroatoms. The van der Waals surface area contributed by atoms with Gasteiger partial charge in [0.05, 0.1) is 6.04 Å². The second-order valence-corrected chi connectivity index (χ2v) is 9.87. The number of carbonyl (C=O) groups excluding carboxylic acids is 1. The minimum atomic E-state index is -6.81. The standard InChI is InChI=1S/C14H13F6NO5S2/c1-2-11(22)21-10(9-6-4-3-5-7-9)8-12(27(23,24)13(15,16)17)28(25,26)14(18,19)20/h2-7,10,12H,1,8H2,(H,21,22). The molecule has 0 saturated carbocycles. The Balaban J connectivity index is 3.60. The molecule has 1 amide bonds. The van der Waals surface area contributed by atoms with Crippen LogP contribution in [0.3, 0.4) is 0 Å². The van der Waals surface area contributed by atoms with Crippen LogP contribution in [0.2, 0.25) is 0 Å². The van der Waals surface area contributed by atoms with Crippen molar-refractivity contribution in [3.63, 3.8) is 0 Å². The van der Waals surface area contributed by atoms with Crippen molar-refractivity contribution < 1.29 is 48.0 Å². The molecule has 0 aliphatic heterocycles. The Bertz CT molecular complexity index is 879. The molecule has 1 atom stereocenters. The van der Waals surface area contributed by atoms with E-state index < -0.39 is 53.6 Å². The molecule has 1 unspecified atom stereocenters. The van der Waals surface area contributed by atoms with Gasteiger partial charge in [0.25, 0.3) is 19.7 Å². The molecule has 6 nitrogen and oxygen atoms in total. The Kier molecular flexibility index (Phi) is 6.93. The van der Waals surface area contributed by atoms with Crippen LogP contribution in [0.5, 0.6) is 0 Å². The predicted octanol–water partition coefficient (Wildman–Crippen LogP) is 2.62. The molecular formula is C14H13F6NO5S2. The lowest BCUT2D eigenvalue weighted by Gasteiger charge is -2.26. The first-order valence-electron chi connectivity index (χ1n) is 7.14. The van der Waals surface area contributed by atoms with Gasteiger partial charge in [0.2, 0.25) is 5.91 Å². The largest absolute Gasteiger partial charge is 0.498 e. The molecule has 0 aliphatic carbocycles. The van der Waals surface area contributed by atoms with Crippen LogP contribution in [-0.4, -0.2) is 38.3 Å². The zero-order valence-electron chi connectivity index (χ0n) is 13.7. The Morgan fingerprint density at radius 2 is 1.39 bits per heavy atom. The third-order valence-electron chi connectivity index (χ3n) is 3.47. The highest BCUT2D eigenvalue weighted by Gasteiger charge is 2.63. The molecule has 0 radical (unpaired) electrons. The van der Waals surface area contributed by atoms with E-state index in [4.69, 9.17) is 0 Å². The fourth-order valence-electron chi connectivity index (χ4n) is 2.11. The maximum Gasteiger partial charge on any atom is 0.498 e. The highest BCUT2D eigenvalue weighted by Crippen LogP contribution is 2.39. The zero-order chi connectivity index (χ0) is 22.0. The maximum absolute atomic E-state index is 12.9. The quantitative estimate of drug-likeness (QED) is 0.506. The SMILES string of the molecule is C=CC(=O)NC(CC(S(=O)(=O)C(F)(F)F)S(=O)(=O)C(F)(F)F)c1ccccc1. The van der Waals surface area contributed by atoms with E-state index in [-0.39, 0.29) is 5.56 Å². The van der Waals surface area contributed by atoms with E-state index in [9.17, 15) is 48.0 Å². The summed E-state index contributed by atoms with van der Waals surface area (Å²) < 4.78 is 120. The first-order chi connectivity index (χ1) is 12.6. The summed E-state index contributed by atoms with van der Waals surface area (Å²) >= 11 is 0. The number of nitrogens with one attached hydrogen (secondary N) is 1. The summed E-state index contributed by atoms with van der Waals surface area (Å²) in [7, 11) is -13.6. The van der Waals surface area contributed by atoms with Crippen molar-refractivity contribution in [2.75, 3.05) is 0 Å². The highest BCUT2D eigenvalue weighted by atomic mass is 32.3. The number of amides is 1. The molecule has 0 bridgehead atoms. The average Bonchev–Trinajstić information content (AvgIpc) is 2.56. The van der Waals surface area contributed by atoms with Crippen LogP contribution in [0.15, 0.2) is 43.0 Å². The smallest absolute Gasteiger partial charge is 0.346 e. The van der Waals surface area contributed by atoms with Gasteiger partial charge in [0, 0.05) is 6.42 Å². The minimum absolute atomic E-state index is 0.113. The van der Waals surface area contributed by atoms with Crippen LogP contribution >= 0.6 is 0 Å². The number of hydrogen-bond donors (Lipinski definition) is 1. The predicted molar refractivity (Wildman–Crippen MR) is 85.9 cm³/mol. The van der Waals surface area contributed by atoms with Crippen LogP contribution in [0.25, 0.3) is 0 Å². The van der Waals surface area contributed by atoms with Gasteiger partial charge < -0.3 is 5.32 Å². The van der Waals surface area contributed by atoms with Gasteiger partial charge >= 0.3 is 11.0 Å². The first kappa shape index (κ1) is 23.9. The Morgan fingerprint density at radius 1 is 0.964 bits per heavy atom. The fourth-order valence-corrected chi connectivity index (χ4v) is 5.58. The number of carbonyl (C=O) groups is 1. The second-order valence-electron chi connectivity index (χ2n) is 5.32. The Hall–Kier alpha value is -2.09. The summed E-state index contributed by atoms with van der Waals surface area (Å²) in [6.45, 7) is 3.05. The van der Waals surface area contributed by atoms with Gasteiger partial charge in [-0.05, 0) is 11.6 Å². The fraction of sp³-hybridized carbons (Fsp3) is 0.357. The summed E-state index contributed by atoms with van der Waals surface area (Å²) in [6, 6.07) is 4.54. The molecule has 158 valence electrons. The molecule has 1 N–H and O–H groups in total. The van der Waals surface area contributed by atoms with Crippen molar-refractivity contribution in [2.24, 2.45) is 0 Å². The van der Waals surface area contributed by atoms with Crippen molar-refractivity contribution in [1.29, 1.82) is 0 Å². The number of hydrogen-bond acceptors (Lipinski definition) is 5. The van der Waals surface area contributed by atoms with Crippen LogP contribution in [-0.2, 0) is 24.5 Å². The van der Waals surface area contributed by atoms with Crippen molar-refractivity contribution in [1.82, 2.24) is 5.32 Å². The maximum atomic E-state index is 12.9. The minimum Gasteiger partial charge on any atom is -0.346 e. The molecule has 1 aromatic rings. The van der Waals surface area contributed by atoms with Gasteiger partial charge in [0.1, 0.15) is 0 Å². The summed E-state index contributed by atoms with van der Waals surface area (Å²) in [5.41, 5.74) is -12.7. The van der Waals surface area contributed by atoms with Crippen LogP contribution < -0.4 is 5.32 Å². The van der Waals surface area contributed by atoms with Gasteiger partial charge in [0.15, 0.2) is 4.58 Å². The highest BCUT2D eigenvalue weighted by molar-refractivity contribution is 8.09. The van der Waals surface area contributed by atoms with E-state index in [1.165, 1.54) is 18.2 Å². The summed E-state index contributed by atoms with van der Waals surface area (Å²) in [5.74, 6) is -1.07. The number of alkyl halides is 6. The van der Waals surface area contributed by atoms with Crippen molar-refractivity contribution >= 4 is 25.6 Å². The summed E-state index contributed by atoms with van der Waals surface area (Å²) in [6.07, 6.45) is -1.10. The van der Waals surface area contributed by atoms with E-state index in [1.807, 2.05) is 5.32 Å². The van der Waals surface area contributed by atoms with Gasteiger partial charge in [-0.25, -0.2) is 16.8 Å². The Labute approximate surface area is 156 Å². The Morgan fingerprint density at radius 3 is 1.75 bits per heavy atom. The lowest BCUT2D eigenvalue weighted by molar-refractivity contribution is -0.117. The van der Waals surface area contributed by atoms with Gasteiger partial charge in [-0.1, -0.05) is 36.9 Å². The van der Waals surface area contributed by atoms with Crippen LogP contribution in [0, 0.1) is 0 Å². The molecule has 0 saturated heterocycles. The normalized spacial score (nSPS) is 14.5. The molecular weight excluding hydrogens is 440 g/mol. The lowest BCUT2D eigenvalue weighted by atomic mass is 10.0.